The Morgan fingerprint density at radius 1 is 1.17 bits per heavy atom. The van der Waals surface area contributed by atoms with Crippen molar-refractivity contribution in [2.45, 2.75) is 34.6 Å². The maximum Gasteiger partial charge on any atom is 0.246 e. The van der Waals surface area contributed by atoms with Crippen LogP contribution in [0.4, 0.5) is 0 Å². The van der Waals surface area contributed by atoms with Crippen molar-refractivity contribution in [2.24, 2.45) is 0 Å². The summed E-state index contributed by atoms with van der Waals surface area (Å²) in [6, 6.07) is 10.2. The molecule has 1 amide bonds. The van der Waals surface area contributed by atoms with Crippen LogP contribution in [0.15, 0.2) is 51.6 Å². The van der Waals surface area contributed by atoms with Crippen molar-refractivity contribution < 1.29 is 13.9 Å². The number of hydrogen-bond acceptors (Lipinski definition) is 3. The Bertz CT molecular complexity index is 1080. The Morgan fingerprint density at radius 3 is 2.43 bits per heavy atom. The molecule has 0 bridgehead atoms. The predicted molar refractivity (Wildman–Crippen MR) is 127 cm³/mol. The van der Waals surface area contributed by atoms with Crippen LogP contribution in [-0.2, 0) is 4.79 Å². The van der Waals surface area contributed by atoms with Gasteiger partial charge in [0, 0.05) is 45.7 Å². The minimum atomic E-state index is 0.0121. The van der Waals surface area contributed by atoms with E-state index in [4.69, 9.17) is 9.15 Å². The molecule has 158 valence electrons. The molecule has 5 heteroatoms. The summed E-state index contributed by atoms with van der Waals surface area (Å²) in [4.78, 5) is 14.5. The van der Waals surface area contributed by atoms with Crippen molar-refractivity contribution in [3.8, 4) is 16.9 Å². The molecule has 2 aromatic carbocycles. The molecule has 0 spiro atoms. The standard InChI is InChI=1S/C25H28BrNO3/c1-6-27(7-2)23(28)13-16(4)20-14-21-22(18-9-11-19(26)12-10-18)15-30-25(21)17(5)24(20)29-8-3/h9-15H,6-8H2,1-5H3/b16-13+. The lowest BCUT2D eigenvalue weighted by atomic mass is 9.96. The van der Waals surface area contributed by atoms with Gasteiger partial charge in [-0.1, -0.05) is 28.1 Å². The second kappa shape index (κ2) is 9.52. The maximum absolute atomic E-state index is 12.7. The molecule has 0 saturated heterocycles. The molecule has 1 heterocycles. The Balaban J connectivity index is 2.19. The number of ether oxygens (including phenoxy) is 1. The minimum Gasteiger partial charge on any atom is -0.493 e. The predicted octanol–water partition coefficient (Wildman–Crippen LogP) is 6.84. The molecule has 0 atom stereocenters. The third-order valence-electron chi connectivity index (χ3n) is 5.33. The SMILES string of the molecule is CCOc1c(/C(C)=C/C(=O)N(CC)CC)cc2c(-c3ccc(Br)cc3)coc2c1C. The van der Waals surface area contributed by atoms with E-state index in [2.05, 4.69) is 34.1 Å². The number of carbonyl (C=O) groups excluding carboxylic acids is 1. The highest BCUT2D eigenvalue weighted by molar-refractivity contribution is 9.10. The van der Waals surface area contributed by atoms with Crippen LogP contribution < -0.4 is 4.74 Å². The highest BCUT2D eigenvalue weighted by atomic mass is 79.9. The molecule has 4 nitrogen and oxygen atoms in total. The number of hydrogen-bond donors (Lipinski definition) is 0. The van der Waals surface area contributed by atoms with Gasteiger partial charge in [-0.2, -0.15) is 0 Å². The number of likely N-dealkylation sites (N-methyl/N-ethyl adjacent to an activating group) is 1. The van der Waals surface area contributed by atoms with E-state index in [0.717, 1.165) is 49.0 Å². The van der Waals surface area contributed by atoms with Crippen molar-refractivity contribution in [2.75, 3.05) is 19.7 Å². The van der Waals surface area contributed by atoms with Crippen molar-refractivity contribution in [3.63, 3.8) is 0 Å². The van der Waals surface area contributed by atoms with Gasteiger partial charge in [0.2, 0.25) is 5.91 Å². The lowest BCUT2D eigenvalue weighted by Crippen LogP contribution is -2.28. The molecule has 0 aliphatic heterocycles. The smallest absolute Gasteiger partial charge is 0.246 e. The minimum absolute atomic E-state index is 0.0121. The first kappa shape index (κ1) is 22.2. The molecule has 3 rings (SSSR count). The first-order chi connectivity index (χ1) is 14.4. The Kier molecular flexibility index (Phi) is 7.03. The summed E-state index contributed by atoms with van der Waals surface area (Å²) in [6.07, 6.45) is 3.50. The van der Waals surface area contributed by atoms with E-state index in [0.29, 0.717) is 19.7 Å². The fraction of sp³-hybridized carbons (Fsp3) is 0.320. The van der Waals surface area contributed by atoms with Gasteiger partial charge in [-0.15, -0.1) is 0 Å². The molecule has 0 saturated carbocycles. The number of amides is 1. The average molecular weight is 470 g/mol. The monoisotopic (exact) mass is 469 g/mol. The lowest BCUT2D eigenvalue weighted by Gasteiger charge is -2.18. The number of benzene rings is 2. The third kappa shape index (κ3) is 4.31. The van der Waals surface area contributed by atoms with Gasteiger partial charge in [-0.05, 0) is 64.0 Å². The fourth-order valence-corrected chi connectivity index (χ4v) is 3.95. The number of fused-ring (bicyclic) bond motifs is 1. The van der Waals surface area contributed by atoms with Gasteiger partial charge in [0.05, 0.1) is 12.9 Å². The van der Waals surface area contributed by atoms with Crippen LogP contribution >= 0.6 is 15.9 Å². The molecule has 0 fully saturated rings. The van der Waals surface area contributed by atoms with Crippen molar-refractivity contribution >= 4 is 38.4 Å². The van der Waals surface area contributed by atoms with Gasteiger partial charge >= 0.3 is 0 Å². The molecule has 0 unspecified atom stereocenters. The van der Waals surface area contributed by atoms with Gasteiger partial charge in [0.15, 0.2) is 0 Å². The zero-order valence-electron chi connectivity index (χ0n) is 18.2. The molecule has 3 aromatic rings. The van der Waals surface area contributed by atoms with Crippen LogP contribution in [0.1, 0.15) is 38.8 Å². The number of allylic oxidation sites excluding steroid dienone is 1. The molecular weight excluding hydrogens is 442 g/mol. The molecular formula is C25H28BrNO3. The average Bonchev–Trinajstić information content (AvgIpc) is 3.15. The first-order valence-corrected chi connectivity index (χ1v) is 11.1. The summed E-state index contributed by atoms with van der Waals surface area (Å²) in [6.45, 7) is 11.8. The van der Waals surface area contributed by atoms with E-state index < -0.39 is 0 Å². The zero-order valence-corrected chi connectivity index (χ0v) is 19.8. The van der Waals surface area contributed by atoms with Crippen LogP contribution in [0.25, 0.3) is 27.7 Å². The Morgan fingerprint density at radius 2 is 1.83 bits per heavy atom. The quantitative estimate of drug-likeness (QED) is 0.355. The summed E-state index contributed by atoms with van der Waals surface area (Å²) in [5.41, 5.74) is 5.64. The molecule has 0 aliphatic carbocycles. The molecule has 0 radical (unpaired) electrons. The number of rotatable bonds is 7. The van der Waals surface area contributed by atoms with Crippen molar-refractivity contribution in [1.82, 2.24) is 4.90 Å². The Labute approximate surface area is 186 Å². The molecule has 0 aliphatic rings. The number of aryl methyl sites for hydroxylation is 1. The molecule has 30 heavy (non-hydrogen) atoms. The second-order valence-electron chi connectivity index (χ2n) is 7.18. The van der Waals surface area contributed by atoms with E-state index in [-0.39, 0.29) is 5.91 Å². The van der Waals surface area contributed by atoms with Gasteiger partial charge in [-0.25, -0.2) is 0 Å². The van der Waals surface area contributed by atoms with Gasteiger partial charge in [0.25, 0.3) is 0 Å². The topological polar surface area (TPSA) is 42.7 Å². The summed E-state index contributed by atoms with van der Waals surface area (Å²) < 4.78 is 13.0. The van der Waals surface area contributed by atoms with Crippen LogP contribution in [0.3, 0.4) is 0 Å². The largest absolute Gasteiger partial charge is 0.493 e. The number of halogens is 1. The van der Waals surface area contributed by atoms with Crippen LogP contribution in [0, 0.1) is 6.92 Å². The van der Waals surface area contributed by atoms with Gasteiger partial charge in [-0.3, -0.25) is 4.79 Å². The molecule has 1 aromatic heterocycles. The van der Waals surface area contributed by atoms with E-state index in [9.17, 15) is 4.79 Å². The van der Waals surface area contributed by atoms with Gasteiger partial charge in [0.1, 0.15) is 11.3 Å². The highest BCUT2D eigenvalue weighted by Gasteiger charge is 2.19. The zero-order chi connectivity index (χ0) is 21.8. The van der Waals surface area contributed by atoms with Crippen LogP contribution in [0.5, 0.6) is 5.75 Å². The summed E-state index contributed by atoms with van der Waals surface area (Å²) in [5, 5.41) is 1.01. The van der Waals surface area contributed by atoms with Crippen LogP contribution in [0.2, 0.25) is 0 Å². The van der Waals surface area contributed by atoms with E-state index in [1.54, 1.807) is 17.2 Å². The Hall–Kier alpha value is -2.53. The van der Waals surface area contributed by atoms with Crippen LogP contribution in [-0.4, -0.2) is 30.5 Å². The summed E-state index contributed by atoms with van der Waals surface area (Å²) in [5.74, 6) is 0.779. The van der Waals surface area contributed by atoms with E-state index in [1.165, 1.54) is 0 Å². The normalized spacial score (nSPS) is 11.7. The third-order valence-corrected chi connectivity index (χ3v) is 5.86. The lowest BCUT2D eigenvalue weighted by molar-refractivity contribution is -0.125. The first-order valence-electron chi connectivity index (χ1n) is 10.3. The fourth-order valence-electron chi connectivity index (χ4n) is 3.68. The number of nitrogens with zero attached hydrogens (tertiary/aromatic N) is 1. The van der Waals surface area contributed by atoms with Gasteiger partial charge < -0.3 is 14.1 Å². The summed E-state index contributed by atoms with van der Waals surface area (Å²) in [7, 11) is 0. The highest BCUT2D eigenvalue weighted by Crippen LogP contribution is 2.41. The number of carbonyl (C=O) groups is 1. The second-order valence-corrected chi connectivity index (χ2v) is 8.10. The molecule has 0 N–H and O–H groups in total. The van der Waals surface area contributed by atoms with Crippen molar-refractivity contribution in [1.29, 1.82) is 0 Å². The maximum atomic E-state index is 12.7. The van der Waals surface area contributed by atoms with Crippen molar-refractivity contribution in [3.05, 3.63) is 58.3 Å². The van der Waals surface area contributed by atoms with E-state index >= 15 is 0 Å². The van der Waals surface area contributed by atoms with E-state index in [1.807, 2.05) is 46.8 Å². The summed E-state index contributed by atoms with van der Waals surface area (Å²) >= 11 is 3.49. The number of furan rings is 1.